The van der Waals surface area contributed by atoms with Crippen LogP contribution in [0.1, 0.15) is 0 Å². The van der Waals surface area contributed by atoms with Crippen LogP contribution in [0.5, 0.6) is 0 Å². The van der Waals surface area contributed by atoms with Crippen molar-refractivity contribution in [1.82, 2.24) is 25.5 Å². The summed E-state index contributed by atoms with van der Waals surface area (Å²) in [6, 6.07) is 0. The zero-order chi connectivity index (χ0) is 12.2. The number of nitrogens with one attached hydrogen (secondary N) is 1. The Morgan fingerprint density at radius 3 is 2.75 bits per heavy atom. The minimum Gasteiger partial charge on any atom is -0.346 e. The second-order valence-electron chi connectivity index (χ2n) is 2.77. The molecular formula is C6H8F3N5OS. The summed E-state index contributed by atoms with van der Waals surface area (Å²) in [6.45, 7) is -1.33. The lowest BCUT2D eigenvalue weighted by Gasteiger charge is -2.07. The molecule has 0 fully saturated rings. The molecule has 0 aliphatic carbocycles. The van der Waals surface area contributed by atoms with Crippen LogP contribution in [0.15, 0.2) is 5.16 Å². The third-order valence-corrected chi connectivity index (χ3v) is 2.41. The van der Waals surface area contributed by atoms with Gasteiger partial charge in [0.1, 0.15) is 6.54 Å². The van der Waals surface area contributed by atoms with Crippen molar-refractivity contribution in [2.24, 2.45) is 7.05 Å². The normalized spacial score (nSPS) is 11.5. The van der Waals surface area contributed by atoms with Crippen molar-refractivity contribution >= 4 is 17.7 Å². The first-order valence-electron chi connectivity index (χ1n) is 4.07. The maximum absolute atomic E-state index is 11.7. The van der Waals surface area contributed by atoms with Crippen LogP contribution in [-0.2, 0) is 11.8 Å². The molecule has 0 spiro atoms. The molecule has 0 aromatic carbocycles. The fourth-order valence-electron chi connectivity index (χ4n) is 0.723. The van der Waals surface area contributed by atoms with Gasteiger partial charge in [0, 0.05) is 7.05 Å². The van der Waals surface area contributed by atoms with Crippen LogP contribution < -0.4 is 5.32 Å². The van der Waals surface area contributed by atoms with E-state index in [4.69, 9.17) is 0 Å². The second kappa shape index (κ2) is 5.14. The van der Waals surface area contributed by atoms with Crippen molar-refractivity contribution in [2.75, 3.05) is 12.3 Å². The van der Waals surface area contributed by atoms with E-state index in [0.29, 0.717) is 5.16 Å². The van der Waals surface area contributed by atoms with Gasteiger partial charge in [0.15, 0.2) is 0 Å². The highest BCUT2D eigenvalue weighted by molar-refractivity contribution is 7.99. The Balaban J connectivity index is 2.29. The highest BCUT2D eigenvalue weighted by Gasteiger charge is 2.27. The largest absolute Gasteiger partial charge is 0.405 e. The number of tetrazole rings is 1. The molecular weight excluding hydrogens is 247 g/mol. The molecule has 0 aliphatic heterocycles. The fraction of sp³-hybridized carbons (Fsp3) is 0.667. The Kier molecular flexibility index (Phi) is 4.10. The van der Waals surface area contributed by atoms with Crippen molar-refractivity contribution in [3.63, 3.8) is 0 Å². The zero-order valence-electron chi connectivity index (χ0n) is 8.15. The van der Waals surface area contributed by atoms with Crippen molar-refractivity contribution in [3.05, 3.63) is 0 Å². The van der Waals surface area contributed by atoms with Crippen molar-refractivity contribution in [2.45, 2.75) is 11.3 Å². The lowest BCUT2D eigenvalue weighted by Crippen LogP contribution is -2.34. The third kappa shape index (κ3) is 4.47. The minimum atomic E-state index is -4.40. The summed E-state index contributed by atoms with van der Waals surface area (Å²) in [7, 11) is 1.57. The molecule has 0 saturated carbocycles. The number of amides is 1. The molecule has 0 radical (unpaired) electrons. The van der Waals surface area contributed by atoms with E-state index in [1.54, 1.807) is 12.4 Å². The van der Waals surface area contributed by atoms with Crippen LogP contribution in [0.25, 0.3) is 0 Å². The maximum atomic E-state index is 11.7. The Morgan fingerprint density at radius 1 is 1.56 bits per heavy atom. The highest BCUT2D eigenvalue weighted by atomic mass is 32.2. The smallest absolute Gasteiger partial charge is 0.346 e. The van der Waals surface area contributed by atoms with Crippen molar-refractivity contribution < 1.29 is 18.0 Å². The average Bonchev–Trinajstić information content (AvgIpc) is 2.57. The summed E-state index contributed by atoms with van der Waals surface area (Å²) in [5.74, 6) is -0.880. The first kappa shape index (κ1) is 12.7. The maximum Gasteiger partial charge on any atom is 0.405 e. The lowest BCUT2D eigenvalue weighted by molar-refractivity contribution is -0.136. The predicted molar refractivity (Wildman–Crippen MR) is 48.6 cm³/mol. The monoisotopic (exact) mass is 255 g/mol. The first-order chi connectivity index (χ1) is 7.38. The van der Waals surface area contributed by atoms with Gasteiger partial charge in [-0.25, -0.2) is 4.68 Å². The van der Waals surface area contributed by atoms with E-state index in [2.05, 4.69) is 15.5 Å². The number of carbonyl (C=O) groups is 1. The highest BCUT2D eigenvalue weighted by Crippen LogP contribution is 2.14. The molecule has 0 bridgehead atoms. The van der Waals surface area contributed by atoms with Crippen LogP contribution in [0.3, 0.4) is 0 Å². The van der Waals surface area contributed by atoms with E-state index in [0.717, 1.165) is 11.8 Å². The molecule has 0 saturated heterocycles. The van der Waals surface area contributed by atoms with Gasteiger partial charge in [-0.1, -0.05) is 11.8 Å². The van der Waals surface area contributed by atoms with Gasteiger partial charge in [0.2, 0.25) is 11.1 Å². The molecule has 0 aliphatic rings. The van der Waals surface area contributed by atoms with Crippen molar-refractivity contribution in [1.29, 1.82) is 0 Å². The molecule has 1 rings (SSSR count). The Hall–Kier alpha value is -1.32. The topological polar surface area (TPSA) is 72.7 Å². The molecule has 0 unspecified atom stereocenters. The van der Waals surface area contributed by atoms with Gasteiger partial charge in [-0.05, 0) is 10.4 Å². The van der Waals surface area contributed by atoms with Crippen molar-refractivity contribution in [3.8, 4) is 0 Å². The van der Waals surface area contributed by atoms with Crippen LogP contribution in [0, 0.1) is 0 Å². The van der Waals surface area contributed by atoms with E-state index in [1.165, 1.54) is 4.68 Å². The Morgan fingerprint density at radius 2 is 2.25 bits per heavy atom. The second-order valence-corrected chi connectivity index (χ2v) is 3.71. The van der Waals surface area contributed by atoms with E-state index in [1.807, 2.05) is 0 Å². The number of halogens is 3. The number of nitrogens with zero attached hydrogens (tertiary/aromatic N) is 4. The van der Waals surface area contributed by atoms with Gasteiger partial charge >= 0.3 is 6.18 Å². The number of hydrogen-bond acceptors (Lipinski definition) is 5. The summed E-state index contributed by atoms with van der Waals surface area (Å²) in [6.07, 6.45) is -4.40. The SMILES string of the molecule is Cn1nnnc1SCC(=O)NCC(F)(F)F. The standard InChI is InChI=1S/C6H8F3N5OS/c1-14-5(11-12-13-14)16-2-4(15)10-3-6(7,8)9/h2-3H2,1H3,(H,10,15). The molecule has 0 atom stereocenters. The number of aromatic nitrogens is 4. The molecule has 1 heterocycles. The molecule has 90 valence electrons. The van der Waals surface area contributed by atoms with Crippen LogP contribution >= 0.6 is 11.8 Å². The van der Waals surface area contributed by atoms with Crippen LogP contribution in [0.2, 0.25) is 0 Å². The van der Waals surface area contributed by atoms with E-state index < -0.39 is 18.6 Å². The quantitative estimate of drug-likeness (QED) is 0.765. The van der Waals surface area contributed by atoms with E-state index in [9.17, 15) is 18.0 Å². The summed E-state index contributed by atoms with van der Waals surface area (Å²) in [5, 5.41) is 12.5. The zero-order valence-corrected chi connectivity index (χ0v) is 8.97. The van der Waals surface area contributed by atoms with Crippen LogP contribution in [0.4, 0.5) is 13.2 Å². The van der Waals surface area contributed by atoms with Crippen LogP contribution in [-0.4, -0.2) is 44.6 Å². The molecule has 1 N–H and O–H groups in total. The molecule has 6 nitrogen and oxygen atoms in total. The molecule has 10 heteroatoms. The van der Waals surface area contributed by atoms with Gasteiger partial charge in [-0.3, -0.25) is 4.79 Å². The Labute approximate surface area is 92.6 Å². The minimum absolute atomic E-state index is 0.162. The molecule has 1 amide bonds. The summed E-state index contributed by atoms with van der Waals surface area (Å²) in [4.78, 5) is 11.0. The van der Waals surface area contributed by atoms with E-state index >= 15 is 0 Å². The van der Waals surface area contributed by atoms with Gasteiger partial charge in [-0.2, -0.15) is 13.2 Å². The molecule has 1 aromatic rings. The lowest BCUT2D eigenvalue weighted by atomic mass is 10.6. The number of carbonyl (C=O) groups excluding carboxylic acids is 1. The van der Waals surface area contributed by atoms with Gasteiger partial charge < -0.3 is 5.32 Å². The van der Waals surface area contributed by atoms with E-state index in [-0.39, 0.29) is 5.75 Å². The number of thioether (sulfide) groups is 1. The first-order valence-corrected chi connectivity index (χ1v) is 5.05. The average molecular weight is 255 g/mol. The fourth-order valence-corrected chi connectivity index (χ4v) is 1.40. The molecule has 1 aromatic heterocycles. The van der Waals surface area contributed by atoms with Gasteiger partial charge in [0.05, 0.1) is 5.75 Å². The number of aryl methyl sites for hydroxylation is 1. The summed E-state index contributed by atoms with van der Waals surface area (Å²) in [5.41, 5.74) is 0. The number of hydrogen-bond donors (Lipinski definition) is 1. The number of alkyl halides is 3. The predicted octanol–water partition coefficient (Wildman–Crippen LogP) is -0.0193. The Bertz CT molecular complexity index is 365. The third-order valence-electron chi connectivity index (χ3n) is 1.40. The van der Waals surface area contributed by atoms with Gasteiger partial charge in [0.25, 0.3) is 0 Å². The molecule has 16 heavy (non-hydrogen) atoms. The number of rotatable bonds is 4. The summed E-state index contributed by atoms with van der Waals surface area (Å²) >= 11 is 0.960. The summed E-state index contributed by atoms with van der Waals surface area (Å²) < 4.78 is 36.5. The van der Waals surface area contributed by atoms with Gasteiger partial charge in [-0.15, -0.1) is 5.10 Å².